The second kappa shape index (κ2) is 8.35. The Morgan fingerprint density at radius 3 is 2.23 bits per heavy atom. The van der Waals surface area contributed by atoms with Gasteiger partial charge in [0.05, 0.1) is 6.26 Å². The molecule has 0 spiro atoms. The van der Waals surface area contributed by atoms with E-state index in [1.54, 1.807) is 11.8 Å². The molecule has 0 aromatic heterocycles. The minimum atomic E-state index is -3.67. The van der Waals surface area contributed by atoms with Gasteiger partial charge in [0.1, 0.15) is 5.84 Å². The van der Waals surface area contributed by atoms with Crippen LogP contribution in [0, 0.1) is 5.41 Å². The summed E-state index contributed by atoms with van der Waals surface area (Å²) in [5.74, 6) is 0.105. The van der Waals surface area contributed by atoms with Crippen LogP contribution in [0.5, 0.6) is 0 Å². The first-order valence-corrected chi connectivity index (χ1v) is 10.7. The van der Waals surface area contributed by atoms with E-state index in [1.807, 2.05) is 18.2 Å². The fraction of sp³-hybridized carbons (Fsp3) is 0.105. The molecule has 5 nitrogen and oxygen atoms in total. The van der Waals surface area contributed by atoms with E-state index >= 15 is 0 Å². The van der Waals surface area contributed by atoms with Gasteiger partial charge in [-0.3, -0.25) is 9.96 Å². The van der Waals surface area contributed by atoms with Crippen molar-refractivity contribution in [1.82, 2.24) is 0 Å². The van der Waals surface area contributed by atoms with Crippen LogP contribution in [0.2, 0.25) is 0 Å². The largest absolute Gasteiger partial charge is 0.384 e. The Hall–Kier alpha value is -2.35. The summed E-state index contributed by atoms with van der Waals surface area (Å²) in [6.45, 7) is 0. The molecule has 3 rings (SSSR count). The van der Waals surface area contributed by atoms with Crippen molar-refractivity contribution in [3.63, 3.8) is 0 Å². The van der Waals surface area contributed by atoms with Crippen molar-refractivity contribution < 1.29 is 13.0 Å². The summed E-state index contributed by atoms with van der Waals surface area (Å²) in [6, 6.07) is 20.7. The normalized spacial score (nSPS) is 10.9. The summed E-state index contributed by atoms with van der Waals surface area (Å²) < 4.78 is 25.9. The molecular formula is C19H20N2O3S2. The molecule has 0 fully saturated rings. The molecule has 136 valence electrons. The van der Waals surface area contributed by atoms with Crippen LogP contribution in [0.25, 0.3) is 21.9 Å². The van der Waals surface area contributed by atoms with Crippen molar-refractivity contribution in [2.75, 3.05) is 12.5 Å². The van der Waals surface area contributed by atoms with E-state index in [4.69, 9.17) is 15.7 Å². The third-order valence-electron chi connectivity index (χ3n) is 3.57. The number of benzene rings is 3. The van der Waals surface area contributed by atoms with Gasteiger partial charge in [0.2, 0.25) is 0 Å². The zero-order valence-corrected chi connectivity index (χ0v) is 16.1. The first-order chi connectivity index (χ1) is 12.2. The Kier molecular flexibility index (Phi) is 6.42. The predicted molar refractivity (Wildman–Crippen MR) is 110 cm³/mol. The molecular weight excluding hydrogens is 368 g/mol. The lowest BCUT2D eigenvalue weighted by Gasteiger charge is -2.09. The summed E-state index contributed by atoms with van der Waals surface area (Å²) in [5.41, 5.74) is 8.77. The fourth-order valence-corrected chi connectivity index (χ4v) is 3.08. The Morgan fingerprint density at radius 2 is 1.62 bits per heavy atom. The molecule has 0 unspecified atom stereocenters. The maximum absolute atomic E-state index is 9.19. The highest BCUT2D eigenvalue weighted by Gasteiger charge is 2.05. The molecule has 0 aliphatic heterocycles. The number of rotatable bonds is 3. The molecule has 0 amide bonds. The third-order valence-corrected chi connectivity index (χ3v) is 4.37. The molecule has 0 bridgehead atoms. The van der Waals surface area contributed by atoms with Gasteiger partial charge in [-0.25, -0.2) is 0 Å². The number of hydrogen-bond acceptors (Lipinski definition) is 4. The second-order valence-corrected chi connectivity index (χ2v) is 7.94. The lowest BCUT2D eigenvalue weighted by atomic mass is 10.00. The smallest absolute Gasteiger partial charge is 0.261 e. The lowest BCUT2D eigenvalue weighted by molar-refractivity contribution is 0.490. The van der Waals surface area contributed by atoms with E-state index in [9.17, 15) is 8.42 Å². The Balaban J connectivity index is 0.000000431. The highest BCUT2D eigenvalue weighted by molar-refractivity contribution is 7.98. The van der Waals surface area contributed by atoms with E-state index < -0.39 is 10.1 Å². The number of fused-ring (bicyclic) bond motifs is 1. The van der Waals surface area contributed by atoms with Crippen LogP contribution in [-0.2, 0) is 10.1 Å². The van der Waals surface area contributed by atoms with Crippen molar-refractivity contribution >= 4 is 38.5 Å². The molecule has 3 aromatic rings. The van der Waals surface area contributed by atoms with Crippen molar-refractivity contribution in [3.05, 3.63) is 66.2 Å². The fourth-order valence-electron chi connectivity index (χ4n) is 2.46. The summed E-state index contributed by atoms with van der Waals surface area (Å²) in [7, 11) is -3.67. The number of nitrogens with two attached hydrogens (primary N) is 1. The highest BCUT2D eigenvalue weighted by Crippen LogP contribution is 2.32. The summed E-state index contributed by atoms with van der Waals surface area (Å²) in [6.07, 6.45) is 2.81. The molecule has 4 N–H and O–H groups in total. The molecule has 26 heavy (non-hydrogen) atoms. The minimum Gasteiger partial charge on any atom is -0.384 e. The first-order valence-electron chi connectivity index (χ1n) is 7.63. The quantitative estimate of drug-likeness (QED) is 0.272. The summed E-state index contributed by atoms with van der Waals surface area (Å²) >= 11 is 1.76. The van der Waals surface area contributed by atoms with Crippen molar-refractivity contribution in [2.24, 2.45) is 5.73 Å². The van der Waals surface area contributed by atoms with Crippen LogP contribution in [0.1, 0.15) is 5.56 Å². The molecule has 7 heteroatoms. The van der Waals surface area contributed by atoms with Crippen LogP contribution in [0.15, 0.2) is 65.6 Å². The van der Waals surface area contributed by atoms with Crippen LogP contribution in [0.4, 0.5) is 0 Å². The van der Waals surface area contributed by atoms with Crippen LogP contribution >= 0.6 is 11.8 Å². The van der Waals surface area contributed by atoms with Gasteiger partial charge in [-0.2, -0.15) is 8.42 Å². The highest BCUT2D eigenvalue weighted by atomic mass is 32.2. The minimum absolute atomic E-state index is 0.105. The standard InChI is InChI=1S/C18H16N2S.CH4O3S/c1-21-17-5-3-2-4-16(17)14-8-6-13-11-15(18(19)20)9-7-12(13)10-14;1-5(2,3)4/h2-11H,1H3,(H3,19,20);1H3,(H,2,3,4). The third kappa shape index (κ3) is 5.59. The van der Waals surface area contributed by atoms with Gasteiger partial charge in [0.15, 0.2) is 0 Å². The molecule has 0 radical (unpaired) electrons. The van der Waals surface area contributed by atoms with Gasteiger partial charge in [-0.1, -0.05) is 42.5 Å². The van der Waals surface area contributed by atoms with Crippen LogP contribution in [-0.4, -0.2) is 31.3 Å². The van der Waals surface area contributed by atoms with Crippen LogP contribution in [0.3, 0.4) is 0 Å². The monoisotopic (exact) mass is 388 g/mol. The summed E-state index contributed by atoms with van der Waals surface area (Å²) in [4.78, 5) is 1.28. The first kappa shape index (κ1) is 20.0. The van der Waals surface area contributed by atoms with Crippen molar-refractivity contribution in [1.29, 1.82) is 5.41 Å². The average molecular weight is 389 g/mol. The molecule has 0 heterocycles. The summed E-state index contributed by atoms with van der Waals surface area (Å²) in [5, 5.41) is 9.78. The van der Waals surface area contributed by atoms with Gasteiger partial charge >= 0.3 is 0 Å². The SMILES string of the molecule is CS(=O)(=O)O.CSc1ccccc1-c1ccc2cc(C(=N)N)ccc2c1. The lowest BCUT2D eigenvalue weighted by Crippen LogP contribution is -2.10. The van der Waals surface area contributed by atoms with E-state index in [-0.39, 0.29) is 5.84 Å². The van der Waals surface area contributed by atoms with Gasteiger partial charge in [-0.05, 0) is 46.4 Å². The second-order valence-electron chi connectivity index (χ2n) is 5.62. The van der Waals surface area contributed by atoms with E-state index in [0.717, 1.165) is 16.3 Å². The van der Waals surface area contributed by atoms with E-state index in [0.29, 0.717) is 6.26 Å². The zero-order valence-electron chi connectivity index (χ0n) is 14.4. The molecule has 0 saturated carbocycles. The maximum atomic E-state index is 9.19. The number of thioether (sulfide) groups is 1. The molecule has 3 aromatic carbocycles. The Morgan fingerprint density at radius 1 is 1.04 bits per heavy atom. The Labute approximate surface area is 157 Å². The van der Waals surface area contributed by atoms with Crippen LogP contribution < -0.4 is 5.73 Å². The maximum Gasteiger partial charge on any atom is 0.261 e. The molecule has 0 aliphatic rings. The van der Waals surface area contributed by atoms with Gasteiger partial charge < -0.3 is 5.73 Å². The Bertz CT molecular complexity index is 1040. The molecule has 0 atom stereocenters. The van der Waals surface area contributed by atoms with Crippen molar-refractivity contribution in [2.45, 2.75) is 4.90 Å². The predicted octanol–water partition coefficient (Wildman–Crippen LogP) is 4.02. The van der Waals surface area contributed by atoms with Gasteiger partial charge in [0, 0.05) is 10.5 Å². The average Bonchev–Trinajstić information content (AvgIpc) is 2.59. The number of nitrogen functional groups attached to an aromatic ring is 1. The molecule has 0 aliphatic carbocycles. The number of hydrogen-bond donors (Lipinski definition) is 3. The topological polar surface area (TPSA) is 104 Å². The van der Waals surface area contributed by atoms with Gasteiger partial charge in [0.25, 0.3) is 10.1 Å². The molecule has 0 saturated heterocycles. The zero-order chi connectivity index (χ0) is 19.3. The number of nitrogens with one attached hydrogen (secondary N) is 1. The van der Waals surface area contributed by atoms with E-state index in [2.05, 4.69) is 48.7 Å². The van der Waals surface area contributed by atoms with E-state index in [1.165, 1.54) is 16.0 Å². The van der Waals surface area contributed by atoms with Gasteiger partial charge in [-0.15, -0.1) is 11.8 Å². The van der Waals surface area contributed by atoms with Crippen molar-refractivity contribution in [3.8, 4) is 11.1 Å². The number of amidine groups is 1.